The molecule has 0 fully saturated rings. The fourth-order valence-corrected chi connectivity index (χ4v) is 1.54. The van der Waals surface area contributed by atoms with E-state index in [9.17, 15) is 4.79 Å². The Morgan fingerprint density at radius 3 is 2.18 bits per heavy atom. The smallest absolute Gasteiger partial charge is 0.267 e. The van der Waals surface area contributed by atoms with Gasteiger partial charge < -0.3 is 0 Å². The molecular formula is C14H14N2O. The lowest BCUT2D eigenvalue weighted by molar-refractivity contribution is 0.0987. The van der Waals surface area contributed by atoms with E-state index in [2.05, 4.69) is 0 Å². The van der Waals surface area contributed by atoms with Crippen molar-refractivity contribution >= 4 is 11.6 Å². The number of benzene rings is 2. The number of hydrazine groups is 1. The number of hydrogen-bond acceptors (Lipinski definition) is 2. The maximum Gasteiger partial charge on any atom is 0.272 e. The zero-order chi connectivity index (χ0) is 12.3. The lowest BCUT2D eigenvalue weighted by Crippen LogP contribution is -2.37. The molecule has 17 heavy (non-hydrogen) atoms. The van der Waals surface area contributed by atoms with Crippen LogP contribution in [0.5, 0.6) is 0 Å². The molecule has 0 bridgehead atoms. The third-order valence-corrected chi connectivity index (χ3v) is 2.55. The van der Waals surface area contributed by atoms with Crippen LogP contribution in [0.2, 0.25) is 0 Å². The molecule has 0 spiro atoms. The molecule has 3 nitrogen and oxygen atoms in total. The van der Waals surface area contributed by atoms with Gasteiger partial charge in [0.1, 0.15) is 0 Å². The third kappa shape index (κ3) is 2.52. The molecule has 0 saturated carbocycles. The highest BCUT2D eigenvalue weighted by Gasteiger charge is 2.13. The molecule has 2 N–H and O–H groups in total. The van der Waals surface area contributed by atoms with E-state index >= 15 is 0 Å². The van der Waals surface area contributed by atoms with Gasteiger partial charge in [-0.25, -0.2) is 10.9 Å². The van der Waals surface area contributed by atoms with Gasteiger partial charge in [-0.2, -0.15) is 0 Å². The number of amides is 1. The van der Waals surface area contributed by atoms with Crippen LogP contribution in [-0.2, 0) is 0 Å². The Hall–Kier alpha value is -2.13. The minimum atomic E-state index is -0.212. The van der Waals surface area contributed by atoms with E-state index in [1.54, 1.807) is 24.3 Å². The lowest BCUT2D eigenvalue weighted by atomic mass is 10.1. The monoisotopic (exact) mass is 226 g/mol. The number of aryl methyl sites for hydroxylation is 1. The zero-order valence-electron chi connectivity index (χ0n) is 9.63. The minimum Gasteiger partial charge on any atom is -0.267 e. The van der Waals surface area contributed by atoms with E-state index in [0.717, 1.165) is 10.6 Å². The van der Waals surface area contributed by atoms with Crippen LogP contribution in [0.15, 0.2) is 54.6 Å². The maximum absolute atomic E-state index is 12.1. The van der Waals surface area contributed by atoms with Crippen LogP contribution in [0, 0.1) is 6.92 Å². The molecule has 0 aromatic heterocycles. The number of nitrogens with zero attached hydrogens (tertiary/aromatic N) is 1. The fraction of sp³-hybridized carbons (Fsp3) is 0.0714. The molecule has 0 aliphatic heterocycles. The predicted molar refractivity (Wildman–Crippen MR) is 68.6 cm³/mol. The van der Waals surface area contributed by atoms with Crippen molar-refractivity contribution in [1.82, 2.24) is 0 Å². The molecule has 2 rings (SSSR count). The van der Waals surface area contributed by atoms with Gasteiger partial charge in [0.2, 0.25) is 0 Å². The molecule has 2 aromatic carbocycles. The number of para-hydroxylation sites is 1. The van der Waals surface area contributed by atoms with E-state index in [1.165, 1.54) is 0 Å². The predicted octanol–water partition coefficient (Wildman–Crippen LogP) is 2.52. The van der Waals surface area contributed by atoms with Crippen molar-refractivity contribution in [2.45, 2.75) is 6.92 Å². The molecule has 2 aromatic rings. The Morgan fingerprint density at radius 1 is 1.00 bits per heavy atom. The standard InChI is InChI=1S/C14H14N2O/c1-11-7-9-12(10-8-11)14(17)16(15)13-5-3-2-4-6-13/h2-10H,15H2,1H3. The Kier molecular flexibility index (Phi) is 3.21. The van der Waals surface area contributed by atoms with Crippen molar-refractivity contribution in [1.29, 1.82) is 0 Å². The van der Waals surface area contributed by atoms with Gasteiger partial charge in [-0.15, -0.1) is 0 Å². The summed E-state index contributed by atoms with van der Waals surface area (Å²) in [5.41, 5.74) is 2.38. The molecule has 1 amide bonds. The summed E-state index contributed by atoms with van der Waals surface area (Å²) in [6.07, 6.45) is 0. The number of carbonyl (C=O) groups excluding carboxylic acids is 1. The van der Waals surface area contributed by atoms with Gasteiger partial charge in [0.25, 0.3) is 5.91 Å². The molecule has 86 valence electrons. The lowest BCUT2D eigenvalue weighted by Gasteiger charge is -2.16. The van der Waals surface area contributed by atoms with Gasteiger partial charge in [-0.05, 0) is 31.2 Å². The van der Waals surface area contributed by atoms with Crippen molar-refractivity contribution in [3.05, 3.63) is 65.7 Å². The summed E-state index contributed by atoms with van der Waals surface area (Å²) >= 11 is 0. The first-order valence-corrected chi connectivity index (χ1v) is 5.39. The Labute approximate surface area is 100 Å². The Balaban J connectivity index is 2.23. The molecular weight excluding hydrogens is 212 g/mol. The molecule has 0 saturated heterocycles. The molecule has 0 aliphatic rings. The normalized spacial score (nSPS) is 10.0. The Morgan fingerprint density at radius 2 is 1.59 bits per heavy atom. The van der Waals surface area contributed by atoms with E-state index in [4.69, 9.17) is 5.84 Å². The van der Waals surface area contributed by atoms with Crippen LogP contribution in [0.1, 0.15) is 15.9 Å². The average molecular weight is 226 g/mol. The van der Waals surface area contributed by atoms with Gasteiger partial charge in [-0.1, -0.05) is 35.9 Å². The van der Waals surface area contributed by atoms with Crippen molar-refractivity contribution < 1.29 is 4.79 Å². The summed E-state index contributed by atoms with van der Waals surface area (Å²) in [6, 6.07) is 16.5. The number of nitrogens with two attached hydrogens (primary N) is 1. The van der Waals surface area contributed by atoms with Gasteiger partial charge in [0.15, 0.2) is 0 Å². The van der Waals surface area contributed by atoms with E-state index in [-0.39, 0.29) is 5.91 Å². The van der Waals surface area contributed by atoms with Gasteiger partial charge >= 0.3 is 0 Å². The second kappa shape index (κ2) is 4.80. The minimum absolute atomic E-state index is 0.212. The highest BCUT2D eigenvalue weighted by Crippen LogP contribution is 2.13. The van der Waals surface area contributed by atoms with Crippen molar-refractivity contribution in [2.24, 2.45) is 5.84 Å². The number of anilines is 1. The summed E-state index contributed by atoms with van der Waals surface area (Å²) in [7, 11) is 0. The van der Waals surface area contributed by atoms with Gasteiger partial charge in [-0.3, -0.25) is 4.79 Å². The van der Waals surface area contributed by atoms with Crippen LogP contribution in [0.3, 0.4) is 0 Å². The zero-order valence-corrected chi connectivity index (χ0v) is 9.63. The summed E-state index contributed by atoms with van der Waals surface area (Å²) < 4.78 is 0. The summed E-state index contributed by atoms with van der Waals surface area (Å²) in [4.78, 5) is 12.1. The molecule has 3 heteroatoms. The molecule has 0 radical (unpaired) electrons. The van der Waals surface area contributed by atoms with Crippen LogP contribution in [0.4, 0.5) is 5.69 Å². The number of carbonyl (C=O) groups is 1. The first kappa shape index (κ1) is 11.4. The molecule has 0 heterocycles. The fourth-order valence-electron chi connectivity index (χ4n) is 1.54. The first-order valence-electron chi connectivity index (χ1n) is 5.39. The summed E-state index contributed by atoms with van der Waals surface area (Å²) in [6.45, 7) is 1.98. The largest absolute Gasteiger partial charge is 0.272 e. The average Bonchev–Trinajstić information content (AvgIpc) is 2.39. The van der Waals surface area contributed by atoms with Crippen molar-refractivity contribution in [3.63, 3.8) is 0 Å². The highest BCUT2D eigenvalue weighted by molar-refractivity contribution is 6.05. The third-order valence-electron chi connectivity index (χ3n) is 2.55. The van der Waals surface area contributed by atoms with Crippen molar-refractivity contribution in [3.8, 4) is 0 Å². The van der Waals surface area contributed by atoms with Crippen LogP contribution in [-0.4, -0.2) is 5.91 Å². The van der Waals surface area contributed by atoms with Gasteiger partial charge in [0, 0.05) is 5.56 Å². The highest BCUT2D eigenvalue weighted by atomic mass is 16.2. The summed E-state index contributed by atoms with van der Waals surface area (Å²) in [5.74, 6) is 5.58. The first-order chi connectivity index (χ1) is 8.18. The van der Waals surface area contributed by atoms with Crippen LogP contribution < -0.4 is 10.9 Å². The van der Waals surface area contributed by atoms with E-state index in [1.807, 2.05) is 37.3 Å². The Bertz CT molecular complexity index is 506. The van der Waals surface area contributed by atoms with Crippen molar-refractivity contribution in [2.75, 3.05) is 5.01 Å². The number of hydrogen-bond donors (Lipinski definition) is 1. The second-order valence-corrected chi connectivity index (χ2v) is 3.88. The molecule has 0 atom stereocenters. The molecule has 0 unspecified atom stereocenters. The van der Waals surface area contributed by atoms with Crippen LogP contribution in [0.25, 0.3) is 0 Å². The van der Waals surface area contributed by atoms with Crippen LogP contribution >= 0.6 is 0 Å². The van der Waals surface area contributed by atoms with Gasteiger partial charge in [0.05, 0.1) is 5.69 Å². The second-order valence-electron chi connectivity index (χ2n) is 3.88. The van der Waals surface area contributed by atoms with E-state index < -0.39 is 0 Å². The number of rotatable bonds is 2. The summed E-state index contributed by atoms with van der Waals surface area (Å²) in [5, 5.41) is 1.16. The maximum atomic E-state index is 12.1. The molecule has 0 aliphatic carbocycles. The topological polar surface area (TPSA) is 46.3 Å². The van der Waals surface area contributed by atoms with E-state index in [0.29, 0.717) is 11.3 Å². The quantitative estimate of drug-likeness (QED) is 0.486. The SMILES string of the molecule is Cc1ccc(C(=O)N(N)c2ccccc2)cc1.